The van der Waals surface area contributed by atoms with E-state index in [1.165, 1.54) is 0 Å². The highest BCUT2D eigenvalue weighted by Crippen LogP contribution is 2.24. The van der Waals surface area contributed by atoms with Crippen LogP contribution in [0.4, 0.5) is 0 Å². The molecule has 0 amide bonds. The number of aromatic nitrogens is 2. The van der Waals surface area contributed by atoms with Gasteiger partial charge < -0.3 is 5.11 Å². The van der Waals surface area contributed by atoms with E-state index in [2.05, 4.69) is 23.8 Å². The molecule has 92 valence electrons. The smallest absolute Gasteiger partial charge is 0.306 e. The summed E-state index contributed by atoms with van der Waals surface area (Å²) in [6, 6.07) is 0. The molecule has 2 rings (SSSR count). The molecule has 4 heteroatoms. The summed E-state index contributed by atoms with van der Waals surface area (Å²) < 4.78 is 0. The molecule has 17 heavy (non-hydrogen) atoms. The first-order valence-electron chi connectivity index (χ1n) is 6.12. The molecular weight excluding hydrogens is 216 g/mol. The van der Waals surface area contributed by atoms with Crippen LogP contribution in [0.3, 0.4) is 0 Å². The van der Waals surface area contributed by atoms with E-state index in [1.54, 1.807) is 0 Å². The summed E-state index contributed by atoms with van der Waals surface area (Å²) in [5, 5.41) is 9.00. The molecule has 0 radical (unpaired) electrons. The van der Waals surface area contributed by atoms with Gasteiger partial charge in [-0.3, -0.25) is 4.79 Å². The molecule has 1 atom stereocenters. The van der Waals surface area contributed by atoms with Gasteiger partial charge in [0.1, 0.15) is 5.82 Å². The topological polar surface area (TPSA) is 63.1 Å². The van der Waals surface area contributed by atoms with Crippen LogP contribution >= 0.6 is 0 Å². The number of aryl methyl sites for hydroxylation is 1. The Morgan fingerprint density at radius 1 is 1.59 bits per heavy atom. The standard InChI is InChI=1S/C13H18N2O2/c1-8(2)5-12-14-7-10-6-9(13(16)17)3-4-11(10)15-12/h7-9H,3-6H2,1-2H3,(H,16,17). The zero-order chi connectivity index (χ0) is 12.4. The molecule has 0 aliphatic heterocycles. The van der Waals surface area contributed by atoms with Gasteiger partial charge in [0.2, 0.25) is 0 Å². The average molecular weight is 234 g/mol. The van der Waals surface area contributed by atoms with Crippen molar-refractivity contribution in [1.29, 1.82) is 0 Å². The molecule has 1 aliphatic rings. The molecule has 4 nitrogen and oxygen atoms in total. The van der Waals surface area contributed by atoms with Gasteiger partial charge in [-0.15, -0.1) is 0 Å². The minimum atomic E-state index is -0.707. The van der Waals surface area contributed by atoms with Crippen molar-refractivity contribution in [2.24, 2.45) is 11.8 Å². The van der Waals surface area contributed by atoms with Crippen molar-refractivity contribution in [3.8, 4) is 0 Å². The lowest BCUT2D eigenvalue weighted by atomic mass is 9.87. The lowest BCUT2D eigenvalue weighted by Crippen LogP contribution is -2.23. The molecular formula is C13H18N2O2. The molecule has 1 aromatic heterocycles. The molecule has 0 fully saturated rings. The number of fused-ring (bicyclic) bond motifs is 1. The molecule has 1 unspecified atom stereocenters. The number of carboxylic acid groups (broad SMARTS) is 1. The van der Waals surface area contributed by atoms with Crippen molar-refractivity contribution < 1.29 is 9.90 Å². The van der Waals surface area contributed by atoms with Crippen LogP contribution in [-0.2, 0) is 24.1 Å². The van der Waals surface area contributed by atoms with E-state index in [0.29, 0.717) is 18.8 Å². The second kappa shape index (κ2) is 4.82. The molecule has 1 aromatic rings. The van der Waals surface area contributed by atoms with E-state index in [0.717, 1.165) is 29.9 Å². The van der Waals surface area contributed by atoms with Gasteiger partial charge in [0.25, 0.3) is 0 Å². The highest BCUT2D eigenvalue weighted by molar-refractivity contribution is 5.70. The fraction of sp³-hybridized carbons (Fsp3) is 0.615. The molecule has 0 saturated carbocycles. The van der Waals surface area contributed by atoms with Crippen LogP contribution in [0.1, 0.15) is 37.4 Å². The van der Waals surface area contributed by atoms with Gasteiger partial charge in [-0.2, -0.15) is 0 Å². The summed E-state index contributed by atoms with van der Waals surface area (Å²) in [4.78, 5) is 19.8. The number of nitrogens with zero attached hydrogens (tertiary/aromatic N) is 2. The highest BCUT2D eigenvalue weighted by atomic mass is 16.4. The number of hydrogen-bond acceptors (Lipinski definition) is 3. The quantitative estimate of drug-likeness (QED) is 0.867. The summed E-state index contributed by atoms with van der Waals surface area (Å²) in [7, 11) is 0. The largest absolute Gasteiger partial charge is 0.481 e. The molecule has 1 heterocycles. The summed E-state index contributed by atoms with van der Waals surface area (Å²) >= 11 is 0. The van der Waals surface area contributed by atoms with Crippen molar-refractivity contribution in [3.05, 3.63) is 23.3 Å². The zero-order valence-electron chi connectivity index (χ0n) is 10.3. The van der Waals surface area contributed by atoms with Crippen molar-refractivity contribution >= 4 is 5.97 Å². The molecule has 0 bridgehead atoms. The van der Waals surface area contributed by atoms with Crippen molar-refractivity contribution in [1.82, 2.24) is 9.97 Å². The third-order valence-corrected chi connectivity index (χ3v) is 3.14. The van der Waals surface area contributed by atoms with Crippen molar-refractivity contribution in [2.75, 3.05) is 0 Å². The normalized spacial score (nSPS) is 19.1. The van der Waals surface area contributed by atoms with Crippen LogP contribution < -0.4 is 0 Å². The Morgan fingerprint density at radius 3 is 3.00 bits per heavy atom. The number of hydrogen-bond donors (Lipinski definition) is 1. The SMILES string of the molecule is CC(C)Cc1ncc2c(n1)CCC(C(=O)O)C2. The number of carboxylic acids is 1. The van der Waals surface area contributed by atoms with E-state index in [4.69, 9.17) is 5.11 Å². The number of rotatable bonds is 3. The first kappa shape index (κ1) is 12.0. The summed E-state index contributed by atoms with van der Waals surface area (Å²) in [5.74, 6) is 0.458. The predicted octanol–water partition coefficient (Wildman–Crippen LogP) is 1.86. The Kier molecular flexibility index (Phi) is 3.41. The second-order valence-electron chi connectivity index (χ2n) is 5.13. The first-order valence-corrected chi connectivity index (χ1v) is 6.12. The average Bonchev–Trinajstić information content (AvgIpc) is 2.27. The van der Waals surface area contributed by atoms with E-state index >= 15 is 0 Å². The fourth-order valence-corrected chi connectivity index (χ4v) is 2.22. The monoisotopic (exact) mass is 234 g/mol. The van der Waals surface area contributed by atoms with Gasteiger partial charge in [-0.25, -0.2) is 9.97 Å². The Balaban J connectivity index is 2.16. The lowest BCUT2D eigenvalue weighted by Gasteiger charge is -2.20. The van der Waals surface area contributed by atoms with Gasteiger partial charge in [0.15, 0.2) is 0 Å². The maximum absolute atomic E-state index is 10.9. The first-order chi connectivity index (χ1) is 8.06. The van der Waals surface area contributed by atoms with E-state index in [9.17, 15) is 4.79 Å². The third kappa shape index (κ3) is 2.81. The lowest BCUT2D eigenvalue weighted by molar-refractivity contribution is -0.142. The third-order valence-electron chi connectivity index (χ3n) is 3.14. The number of aliphatic carboxylic acids is 1. The molecule has 0 saturated heterocycles. The van der Waals surface area contributed by atoms with Gasteiger partial charge in [0, 0.05) is 18.3 Å². The Morgan fingerprint density at radius 2 is 2.35 bits per heavy atom. The summed E-state index contributed by atoms with van der Waals surface area (Å²) in [6.07, 6.45) is 4.73. The van der Waals surface area contributed by atoms with Gasteiger partial charge in [0.05, 0.1) is 5.92 Å². The highest BCUT2D eigenvalue weighted by Gasteiger charge is 2.25. The number of carbonyl (C=O) groups is 1. The Labute approximate surface area is 101 Å². The second-order valence-corrected chi connectivity index (χ2v) is 5.13. The van der Waals surface area contributed by atoms with Crippen LogP contribution in [0.25, 0.3) is 0 Å². The van der Waals surface area contributed by atoms with Crippen molar-refractivity contribution in [2.45, 2.75) is 39.5 Å². The zero-order valence-corrected chi connectivity index (χ0v) is 10.3. The maximum Gasteiger partial charge on any atom is 0.306 e. The Bertz CT molecular complexity index is 429. The van der Waals surface area contributed by atoms with Gasteiger partial charge in [-0.05, 0) is 30.7 Å². The van der Waals surface area contributed by atoms with Gasteiger partial charge >= 0.3 is 5.97 Å². The maximum atomic E-state index is 10.9. The minimum Gasteiger partial charge on any atom is -0.481 e. The van der Waals surface area contributed by atoms with Crippen LogP contribution in [0.15, 0.2) is 6.20 Å². The molecule has 0 aromatic carbocycles. The van der Waals surface area contributed by atoms with Crippen LogP contribution in [-0.4, -0.2) is 21.0 Å². The summed E-state index contributed by atoms with van der Waals surface area (Å²) in [6.45, 7) is 4.28. The molecule has 1 N–H and O–H groups in total. The Hall–Kier alpha value is -1.45. The van der Waals surface area contributed by atoms with E-state index < -0.39 is 5.97 Å². The van der Waals surface area contributed by atoms with Gasteiger partial charge in [-0.1, -0.05) is 13.8 Å². The molecule has 1 aliphatic carbocycles. The van der Waals surface area contributed by atoms with E-state index in [1.807, 2.05) is 6.20 Å². The van der Waals surface area contributed by atoms with Crippen LogP contribution in [0, 0.1) is 11.8 Å². The van der Waals surface area contributed by atoms with Crippen LogP contribution in [0.2, 0.25) is 0 Å². The summed E-state index contributed by atoms with van der Waals surface area (Å²) in [5.41, 5.74) is 2.06. The minimum absolute atomic E-state index is 0.262. The fourth-order valence-electron chi connectivity index (χ4n) is 2.22. The van der Waals surface area contributed by atoms with Crippen molar-refractivity contribution in [3.63, 3.8) is 0 Å². The predicted molar refractivity (Wildman–Crippen MR) is 63.7 cm³/mol. The van der Waals surface area contributed by atoms with Crippen LogP contribution in [0.5, 0.6) is 0 Å². The molecule has 0 spiro atoms. The van der Waals surface area contributed by atoms with E-state index in [-0.39, 0.29) is 5.92 Å².